The Balaban J connectivity index is 1.71. The van der Waals surface area contributed by atoms with Crippen LogP contribution in [0.15, 0.2) is 53.4 Å². The van der Waals surface area contributed by atoms with Gasteiger partial charge in [-0.15, -0.1) is 0 Å². The summed E-state index contributed by atoms with van der Waals surface area (Å²) >= 11 is 6.18. The van der Waals surface area contributed by atoms with Crippen molar-refractivity contribution in [2.24, 2.45) is 5.14 Å². The molecule has 2 aromatic carbocycles. The first-order chi connectivity index (χ1) is 13.2. The molecule has 146 valence electrons. The molecule has 0 atom stereocenters. The molecule has 0 saturated carbocycles. The maximum absolute atomic E-state index is 12.4. The fourth-order valence-corrected chi connectivity index (χ4v) is 3.45. The predicted octanol–water partition coefficient (Wildman–Crippen LogP) is 2.72. The van der Waals surface area contributed by atoms with Gasteiger partial charge in [-0.05, 0) is 55.8 Å². The Bertz CT molecular complexity index is 1140. The summed E-state index contributed by atoms with van der Waals surface area (Å²) in [7, 11) is -3.78. The molecule has 0 unspecified atom stereocenters. The molecule has 3 aromatic rings. The van der Waals surface area contributed by atoms with Gasteiger partial charge in [0.1, 0.15) is 0 Å². The van der Waals surface area contributed by atoms with Crippen LogP contribution in [0.25, 0.3) is 5.69 Å². The van der Waals surface area contributed by atoms with Gasteiger partial charge in [-0.25, -0.2) is 18.2 Å². The van der Waals surface area contributed by atoms with Crippen LogP contribution in [0.4, 0.5) is 0 Å². The Morgan fingerprint density at radius 1 is 1.18 bits per heavy atom. The number of rotatable bonds is 5. The van der Waals surface area contributed by atoms with Gasteiger partial charge in [0.05, 0.1) is 27.0 Å². The van der Waals surface area contributed by atoms with E-state index in [1.54, 1.807) is 41.1 Å². The third-order valence-corrected chi connectivity index (χ3v) is 5.72. The summed E-state index contributed by atoms with van der Waals surface area (Å²) in [5, 5.41) is 12.9. The normalized spacial score (nSPS) is 11.4. The van der Waals surface area contributed by atoms with Crippen molar-refractivity contribution in [1.82, 2.24) is 15.1 Å². The Kier molecular flexibility index (Phi) is 5.55. The van der Waals surface area contributed by atoms with Crippen LogP contribution in [0, 0.1) is 13.8 Å². The van der Waals surface area contributed by atoms with E-state index in [1.165, 1.54) is 12.1 Å². The average molecular weight is 419 g/mol. The van der Waals surface area contributed by atoms with Crippen molar-refractivity contribution in [1.29, 1.82) is 0 Å². The summed E-state index contributed by atoms with van der Waals surface area (Å²) in [6, 6.07) is 13.1. The van der Waals surface area contributed by atoms with Crippen LogP contribution in [-0.4, -0.2) is 24.1 Å². The number of carbonyl (C=O) groups excluding carboxylic acids is 1. The minimum atomic E-state index is -3.78. The van der Waals surface area contributed by atoms with Gasteiger partial charge in [0.25, 0.3) is 5.91 Å². The summed E-state index contributed by atoms with van der Waals surface area (Å²) in [5.41, 5.74) is 3.46. The number of primary sulfonamides is 1. The van der Waals surface area contributed by atoms with Crippen LogP contribution < -0.4 is 10.5 Å². The second-order valence-electron chi connectivity index (χ2n) is 6.32. The first-order valence-corrected chi connectivity index (χ1v) is 10.3. The molecule has 0 fully saturated rings. The van der Waals surface area contributed by atoms with Gasteiger partial charge in [0, 0.05) is 12.1 Å². The number of hydrogen-bond donors (Lipinski definition) is 2. The number of amides is 1. The van der Waals surface area contributed by atoms with Gasteiger partial charge >= 0.3 is 0 Å². The van der Waals surface area contributed by atoms with Crippen molar-refractivity contribution in [3.8, 4) is 5.69 Å². The number of aryl methyl sites for hydroxylation is 1. The van der Waals surface area contributed by atoms with E-state index in [-0.39, 0.29) is 17.3 Å². The maximum atomic E-state index is 12.4. The number of halogens is 1. The maximum Gasteiger partial charge on any atom is 0.251 e. The smallest absolute Gasteiger partial charge is 0.251 e. The predicted molar refractivity (Wildman–Crippen MR) is 107 cm³/mol. The Morgan fingerprint density at radius 2 is 1.86 bits per heavy atom. The molecule has 1 aromatic heterocycles. The van der Waals surface area contributed by atoms with Crippen molar-refractivity contribution in [3.05, 3.63) is 76.1 Å². The molecule has 0 spiro atoms. The van der Waals surface area contributed by atoms with Crippen LogP contribution in [0.3, 0.4) is 0 Å². The van der Waals surface area contributed by atoms with Crippen molar-refractivity contribution in [3.63, 3.8) is 0 Å². The van der Waals surface area contributed by atoms with E-state index in [0.717, 1.165) is 17.1 Å². The van der Waals surface area contributed by atoms with E-state index in [9.17, 15) is 13.2 Å². The average Bonchev–Trinajstić information content (AvgIpc) is 2.93. The Morgan fingerprint density at radius 3 is 2.43 bits per heavy atom. The second kappa shape index (κ2) is 7.75. The summed E-state index contributed by atoms with van der Waals surface area (Å²) < 4.78 is 24.6. The number of carbonyl (C=O) groups is 1. The van der Waals surface area contributed by atoms with Crippen LogP contribution in [0.1, 0.15) is 27.3 Å². The highest BCUT2D eigenvalue weighted by Gasteiger charge is 2.12. The third kappa shape index (κ3) is 4.24. The molecule has 0 bridgehead atoms. The molecule has 7 nitrogen and oxygen atoms in total. The van der Waals surface area contributed by atoms with Gasteiger partial charge < -0.3 is 5.32 Å². The van der Waals surface area contributed by atoms with Crippen molar-refractivity contribution < 1.29 is 13.2 Å². The molecule has 9 heteroatoms. The summed E-state index contributed by atoms with van der Waals surface area (Å²) in [4.78, 5) is 12.4. The highest BCUT2D eigenvalue weighted by Crippen LogP contribution is 2.22. The number of nitrogens with two attached hydrogens (primary N) is 1. The molecule has 3 rings (SSSR count). The number of hydrogen-bond acceptors (Lipinski definition) is 4. The van der Waals surface area contributed by atoms with Crippen LogP contribution in [-0.2, 0) is 16.6 Å². The van der Waals surface area contributed by atoms with Crippen molar-refractivity contribution in [2.75, 3.05) is 0 Å². The van der Waals surface area contributed by atoms with E-state index in [0.29, 0.717) is 16.1 Å². The van der Waals surface area contributed by atoms with Crippen molar-refractivity contribution in [2.45, 2.75) is 25.3 Å². The first kappa shape index (κ1) is 20.1. The van der Waals surface area contributed by atoms with Crippen molar-refractivity contribution >= 4 is 27.5 Å². The topological polar surface area (TPSA) is 107 Å². The van der Waals surface area contributed by atoms with Gasteiger partial charge in [0.2, 0.25) is 10.0 Å². The van der Waals surface area contributed by atoms with Gasteiger partial charge in [0.15, 0.2) is 0 Å². The first-order valence-electron chi connectivity index (χ1n) is 8.39. The summed E-state index contributed by atoms with van der Waals surface area (Å²) in [6.45, 7) is 3.88. The molecule has 28 heavy (non-hydrogen) atoms. The lowest BCUT2D eigenvalue weighted by Crippen LogP contribution is -2.23. The fourth-order valence-electron chi connectivity index (χ4n) is 2.75. The second-order valence-corrected chi connectivity index (χ2v) is 8.26. The number of nitrogens with one attached hydrogen (secondary N) is 1. The van der Waals surface area contributed by atoms with Crippen LogP contribution in [0.2, 0.25) is 5.02 Å². The monoisotopic (exact) mass is 418 g/mol. The largest absolute Gasteiger partial charge is 0.348 e. The quantitative estimate of drug-likeness (QED) is 0.664. The van der Waals surface area contributed by atoms with Gasteiger partial charge in [-0.2, -0.15) is 5.10 Å². The number of sulfonamides is 1. The summed E-state index contributed by atoms with van der Waals surface area (Å²) in [6.07, 6.45) is 0. The lowest BCUT2D eigenvalue weighted by Gasteiger charge is -2.08. The minimum Gasteiger partial charge on any atom is -0.348 e. The zero-order valence-corrected chi connectivity index (χ0v) is 16.9. The SMILES string of the molecule is Cc1nn(-c2ccc(C(=O)NCc3cccc(S(N)(=O)=O)c3)cc2)c(C)c1Cl. The zero-order chi connectivity index (χ0) is 20.5. The minimum absolute atomic E-state index is 0.00662. The van der Waals surface area contributed by atoms with Crippen LogP contribution >= 0.6 is 11.6 Å². The van der Waals surface area contributed by atoms with E-state index >= 15 is 0 Å². The Hall–Kier alpha value is -2.68. The molecule has 1 amide bonds. The molecule has 0 aliphatic heterocycles. The van der Waals surface area contributed by atoms with E-state index in [1.807, 2.05) is 13.8 Å². The molecule has 0 radical (unpaired) electrons. The zero-order valence-electron chi connectivity index (χ0n) is 15.3. The summed E-state index contributed by atoms with van der Waals surface area (Å²) in [5.74, 6) is -0.279. The van der Waals surface area contributed by atoms with Gasteiger partial charge in [-0.3, -0.25) is 4.79 Å². The number of benzene rings is 2. The lowest BCUT2D eigenvalue weighted by atomic mass is 10.1. The standard InChI is InChI=1S/C19H19ClN4O3S/c1-12-18(20)13(2)24(23-12)16-8-6-15(7-9-16)19(25)22-11-14-4-3-5-17(10-14)28(21,26)27/h3-10H,11H2,1-2H3,(H,22,25)(H2,21,26,27). The molecule has 0 aliphatic carbocycles. The fraction of sp³-hybridized carbons (Fsp3) is 0.158. The molecule has 0 aliphatic rings. The lowest BCUT2D eigenvalue weighted by molar-refractivity contribution is 0.0951. The third-order valence-electron chi connectivity index (χ3n) is 4.26. The molecule has 3 N–H and O–H groups in total. The number of nitrogens with zero attached hydrogens (tertiary/aromatic N) is 2. The molecular weight excluding hydrogens is 400 g/mol. The molecule has 1 heterocycles. The number of aromatic nitrogens is 2. The highest BCUT2D eigenvalue weighted by molar-refractivity contribution is 7.89. The highest BCUT2D eigenvalue weighted by atomic mass is 35.5. The van der Waals surface area contributed by atoms with E-state index in [2.05, 4.69) is 10.4 Å². The van der Waals surface area contributed by atoms with E-state index in [4.69, 9.17) is 16.7 Å². The van der Waals surface area contributed by atoms with E-state index < -0.39 is 10.0 Å². The Labute approximate surface area is 168 Å². The van der Waals surface area contributed by atoms with Gasteiger partial charge in [-0.1, -0.05) is 23.7 Å². The molecular formula is C19H19ClN4O3S. The van der Waals surface area contributed by atoms with Crippen LogP contribution in [0.5, 0.6) is 0 Å². The molecule has 0 saturated heterocycles.